The van der Waals surface area contributed by atoms with Gasteiger partial charge < -0.3 is 5.11 Å². The van der Waals surface area contributed by atoms with Gasteiger partial charge in [-0.05, 0) is 18.2 Å². The fourth-order valence-electron chi connectivity index (χ4n) is 1.04. The number of pyridine rings is 1. The highest BCUT2D eigenvalue weighted by Gasteiger charge is 2.10. The summed E-state index contributed by atoms with van der Waals surface area (Å²) in [6.07, 6.45) is 2.11. The molecule has 0 spiro atoms. The third-order valence-electron chi connectivity index (χ3n) is 1.68. The van der Waals surface area contributed by atoms with E-state index < -0.39 is 21.7 Å². The Hall–Kier alpha value is -2.40. The summed E-state index contributed by atoms with van der Waals surface area (Å²) >= 11 is 0. The van der Waals surface area contributed by atoms with Gasteiger partial charge in [-0.1, -0.05) is 6.07 Å². The molecule has 1 rings (SSSR count). The van der Waals surface area contributed by atoms with Gasteiger partial charge in [0, 0.05) is 6.08 Å². The number of anilines is 1. The molecule has 0 aliphatic rings. The fourth-order valence-corrected chi connectivity index (χ4v) is 1.71. The minimum Gasteiger partial charge on any atom is -0.478 e. The predicted octanol–water partition coefficient (Wildman–Crippen LogP) is 0.445. The molecule has 18 heavy (non-hydrogen) atoms. The van der Waals surface area contributed by atoms with Gasteiger partial charge in [0.1, 0.15) is 5.82 Å². The topological polar surface area (TPSA) is 120 Å². The summed E-state index contributed by atoms with van der Waals surface area (Å²) < 4.78 is 24.7. The minimum atomic E-state index is -3.75. The van der Waals surface area contributed by atoms with Crippen LogP contribution in [0.25, 0.3) is 6.08 Å². The van der Waals surface area contributed by atoms with Crippen molar-refractivity contribution >= 4 is 27.9 Å². The van der Waals surface area contributed by atoms with Gasteiger partial charge >= 0.3 is 5.97 Å². The van der Waals surface area contributed by atoms with Crippen LogP contribution in [-0.4, -0.2) is 30.2 Å². The lowest BCUT2D eigenvalue weighted by Gasteiger charge is -2.04. The fraction of sp³-hybridized carbons (Fsp3) is 0.100. The molecule has 7 nitrogen and oxygen atoms in total. The average molecular weight is 267 g/mol. The van der Waals surface area contributed by atoms with Crippen LogP contribution in [-0.2, 0) is 14.8 Å². The highest BCUT2D eigenvalue weighted by atomic mass is 32.2. The Morgan fingerprint density at radius 2 is 2.28 bits per heavy atom. The van der Waals surface area contributed by atoms with Crippen molar-refractivity contribution in [1.29, 1.82) is 5.26 Å². The first-order valence-corrected chi connectivity index (χ1v) is 6.34. The molecule has 0 amide bonds. The van der Waals surface area contributed by atoms with Crippen molar-refractivity contribution in [2.45, 2.75) is 0 Å². The van der Waals surface area contributed by atoms with E-state index in [-0.39, 0.29) is 11.5 Å². The molecule has 0 aliphatic carbocycles. The van der Waals surface area contributed by atoms with Crippen LogP contribution in [0.2, 0.25) is 0 Å². The molecule has 0 aromatic carbocycles. The Kier molecular flexibility index (Phi) is 4.39. The molecule has 0 unspecified atom stereocenters. The monoisotopic (exact) mass is 267 g/mol. The molecule has 0 fully saturated rings. The number of hydrogen-bond acceptors (Lipinski definition) is 5. The summed E-state index contributed by atoms with van der Waals surface area (Å²) in [5.74, 6) is -1.78. The first-order valence-electron chi connectivity index (χ1n) is 4.68. The van der Waals surface area contributed by atoms with Crippen molar-refractivity contribution in [1.82, 2.24) is 4.98 Å². The maximum Gasteiger partial charge on any atom is 0.328 e. The van der Waals surface area contributed by atoms with Crippen molar-refractivity contribution in [3.63, 3.8) is 0 Å². The number of nitrogens with zero attached hydrogens (tertiary/aromatic N) is 2. The van der Waals surface area contributed by atoms with E-state index in [0.717, 1.165) is 6.08 Å². The first-order chi connectivity index (χ1) is 8.43. The largest absolute Gasteiger partial charge is 0.478 e. The quantitative estimate of drug-likeness (QED) is 0.747. The Bertz CT molecular complexity index is 616. The molecule has 0 atom stereocenters. The SMILES string of the molecule is N#CCS(=O)(=O)Nc1cccc(C=CC(=O)O)n1. The van der Waals surface area contributed by atoms with E-state index in [9.17, 15) is 13.2 Å². The molecule has 0 saturated heterocycles. The normalized spacial score (nSPS) is 11.1. The van der Waals surface area contributed by atoms with Crippen LogP contribution in [0.4, 0.5) is 5.82 Å². The van der Waals surface area contributed by atoms with Crippen molar-refractivity contribution in [3.05, 3.63) is 30.0 Å². The van der Waals surface area contributed by atoms with E-state index in [1.54, 1.807) is 0 Å². The zero-order valence-corrected chi connectivity index (χ0v) is 9.88. The summed E-state index contributed by atoms with van der Waals surface area (Å²) in [6.45, 7) is 0. The Balaban J connectivity index is 2.90. The minimum absolute atomic E-state index is 0.0257. The number of nitriles is 1. The Labute approximate surface area is 103 Å². The van der Waals surface area contributed by atoms with Gasteiger partial charge in [0.2, 0.25) is 10.0 Å². The van der Waals surface area contributed by atoms with Crippen LogP contribution in [0.5, 0.6) is 0 Å². The number of sulfonamides is 1. The van der Waals surface area contributed by atoms with Crippen molar-refractivity contribution in [2.24, 2.45) is 0 Å². The van der Waals surface area contributed by atoms with Crippen molar-refractivity contribution in [3.8, 4) is 6.07 Å². The molecular formula is C10H9N3O4S. The molecule has 0 aliphatic heterocycles. The van der Waals surface area contributed by atoms with Gasteiger partial charge in [-0.25, -0.2) is 18.2 Å². The van der Waals surface area contributed by atoms with Crippen LogP contribution in [0.3, 0.4) is 0 Å². The molecule has 0 radical (unpaired) electrons. The summed E-state index contributed by atoms with van der Waals surface area (Å²) in [7, 11) is -3.75. The standard InChI is InChI=1S/C10H9N3O4S/c11-6-7-18(16,17)13-9-3-1-2-8(12-9)4-5-10(14)15/h1-5H,7H2,(H,12,13)(H,14,15). The maximum atomic E-state index is 11.3. The number of nitrogens with one attached hydrogen (secondary N) is 1. The van der Waals surface area contributed by atoms with E-state index in [4.69, 9.17) is 10.4 Å². The van der Waals surface area contributed by atoms with E-state index in [1.807, 2.05) is 0 Å². The lowest BCUT2D eigenvalue weighted by atomic mass is 10.3. The second kappa shape index (κ2) is 5.79. The zero-order chi connectivity index (χ0) is 13.6. The molecule has 1 heterocycles. The molecule has 2 N–H and O–H groups in total. The highest BCUT2D eigenvalue weighted by molar-refractivity contribution is 7.92. The summed E-state index contributed by atoms with van der Waals surface area (Å²) in [4.78, 5) is 14.2. The Morgan fingerprint density at radius 3 is 2.89 bits per heavy atom. The molecule has 8 heteroatoms. The lowest BCUT2D eigenvalue weighted by molar-refractivity contribution is -0.131. The second-order valence-electron chi connectivity index (χ2n) is 3.14. The molecule has 1 aromatic rings. The van der Waals surface area contributed by atoms with Crippen LogP contribution in [0.15, 0.2) is 24.3 Å². The van der Waals surface area contributed by atoms with E-state index in [1.165, 1.54) is 30.3 Å². The van der Waals surface area contributed by atoms with E-state index >= 15 is 0 Å². The van der Waals surface area contributed by atoms with Crippen molar-refractivity contribution in [2.75, 3.05) is 10.5 Å². The van der Waals surface area contributed by atoms with Gasteiger partial charge in [-0.15, -0.1) is 0 Å². The smallest absolute Gasteiger partial charge is 0.328 e. The number of carboxylic acids is 1. The van der Waals surface area contributed by atoms with Gasteiger partial charge in [0.15, 0.2) is 5.75 Å². The lowest BCUT2D eigenvalue weighted by Crippen LogP contribution is -2.16. The maximum absolute atomic E-state index is 11.3. The molecule has 0 saturated carbocycles. The van der Waals surface area contributed by atoms with Crippen LogP contribution in [0, 0.1) is 11.3 Å². The molecular weight excluding hydrogens is 258 g/mol. The number of carbonyl (C=O) groups is 1. The van der Waals surface area contributed by atoms with Gasteiger partial charge in [-0.2, -0.15) is 5.26 Å². The summed E-state index contributed by atoms with van der Waals surface area (Å²) in [5.41, 5.74) is 0.287. The van der Waals surface area contributed by atoms with Crippen molar-refractivity contribution < 1.29 is 18.3 Å². The highest BCUT2D eigenvalue weighted by Crippen LogP contribution is 2.08. The third kappa shape index (κ3) is 4.63. The number of rotatable bonds is 5. The predicted molar refractivity (Wildman–Crippen MR) is 63.9 cm³/mol. The van der Waals surface area contributed by atoms with E-state index in [2.05, 4.69) is 9.71 Å². The van der Waals surface area contributed by atoms with Crippen LogP contribution < -0.4 is 4.72 Å². The number of aromatic nitrogens is 1. The number of aliphatic carboxylic acids is 1. The second-order valence-corrected chi connectivity index (χ2v) is 4.86. The van der Waals surface area contributed by atoms with Gasteiger partial charge in [0.25, 0.3) is 0 Å². The van der Waals surface area contributed by atoms with Crippen LogP contribution in [0.1, 0.15) is 5.69 Å². The molecule has 94 valence electrons. The summed E-state index contributed by atoms with van der Waals surface area (Å²) in [5, 5.41) is 16.8. The average Bonchev–Trinajstić information content (AvgIpc) is 2.26. The number of carboxylic acid groups (broad SMARTS) is 1. The van der Waals surface area contributed by atoms with Gasteiger partial charge in [0.05, 0.1) is 11.8 Å². The van der Waals surface area contributed by atoms with Gasteiger partial charge in [-0.3, -0.25) is 4.72 Å². The molecule has 1 aromatic heterocycles. The Morgan fingerprint density at radius 1 is 1.56 bits per heavy atom. The number of hydrogen-bond donors (Lipinski definition) is 2. The third-order valence-corrected chi connectivity index (χ3v) is 2.71. The van der Waals surface area contributed by atoms with E-state index in [0.29, 0.717) is 0 Å². The first kappa shape index (κ1) is 13.7. The summed E-state index contributed by atoms with van der Waals surface area (Å²) in [6, 6.07) is 5.94. The molecule has 0 bridgehead atoms. The zero-order valence-electron chi connectivity index (χ0n) is 9.07. The van der Waals surface area contributed by atoms with Crippen LogP contribution >= 0.6 is 0 Å².